The van der Waals surface area contributed by atoms with Crippen LogP contribution in [0.4, 0.5) is 4.39 Å². The number of hydrogen-bond acceptors (Lipinski definition) is 3. The van der Waals surface area contributed by atoms with Gasteiger partial charge < -0.3 is 5.32 Å². The van der Waals surface area contributed by atoms with Crippen LogP contribution in [0.2, 0.25) is 0 Å². The molecule has 1 amide bonds. The van der Waals surface area contributed by atoms with Crippen LogP contribution in [0.15, 0.2) is 71.8 Å². The quantitative estimate of drug-likeness (QED) is 0.778. The Hall–Kier alpha value is -3.28. The van der Waals surface area contributed by atoms with E-state index in [1.165, 1.54) is 35.2 Å². The molecule has 3 rings (SSSR count). The van der Waals surface area contributed by atoms with Gasteiger partial charge in [0.1, 0.15) is 5.82 Å². The number of hydrogen-bond donors (Lipinski definition) is 1. The van der Waals surface area contributed by atoms with Gasteiger partial charge in [-0.1, -0.05) is 42.5 Å². The number of aromatic nitrogens is 2. The molecule has 0 radical (unpaired) electrons. The molecule has 0 aliphatic carbocycles. The summed E-state index contributed by atoms with van der Waals surface area (Å²) >= 11 is 0. The zero-order valence-corrected chi connectivity index (χ0v) is 13.4. The van der Waals surface area contributed by atoms with Crippen molar-refractivity contribution in [3.8, 4) is 11.3 Å². The Morgan fingerprint density at radius 1 is 1.08 bits per heavy atom. The summed E-state index contributed by atoms with van der Waals surface area (Å²) in [6.07, 6.45) is 1.44. The van der Waals surface area contributed by atoms with Crippen LogP contribution in [-0.2, 0) is 6.54 Å². The summed E-state index contributed by atoms with van der Waals surface area (Å²) in [7, 11) is 0. The molecule has 2 aromatic carbocycles. The maximum absolute atomic E-state index is 13.5. The van der Waals surface area contributed by atoms with Crippen molar-refractivity contribution in [3.05, 3.63) is 88.7 Å². The average molecular weight is 337 g/mol. The van der Waals surface area contributed by atoms with E-state index in [0.29, 0.717) is 5.69 Å². The zero-order valence-electron chi connectivity index (χ0n) is 13.4. The molecule has 0 aliphatic heterocycles. The van der Waals surface area contributed by atoms with Gasteiger partial charge in [0.2, 0.25) is 0 Å². The van der Waals surface area contributed by atoms with Crippen molar-refractivity contribution in [1.29, 1.82) is 0 Å². The second-order valence-corrected chi connectivity index (χ2v) is 5.41. The summed E-state index contributed by atoms with van der Waals surface area (Å²) in [6, 6.07) is 16.6. The molecule has 0 bridgehead atoms. The highest BCUT2D eigenvalue weighted by atomic mass is 19.1. The molecule has 25 heavy (non-hydrogen) atoms. The van der Waals surface area contributed by atoms with Crippen LogP contribution in [0.25, 0.3) is 11.3 Å². The van der Waals surface area contributed by atoms with Crippen molar-refractivity contribution >= 4 is 5.91 Å². The van der Waals surface area contributed by atoms with Crippen molar-refractivity contribution in [2.45, 2.75) is 6.54 Å². The van der Waals surface area contributed by atoms with E-state index in [1.54, 1.807) is 6.07 Å². The lowest BCUT2D eigenvalue weighted by Gasteiger charge is -2.08. The summed E-state index contributed by atoms with van der Waals surface area (Å²) in [4.78, 5) is 28.4. The molecule has 0 fully saturated rings. The second kappa shape index (κ2) is 7.53. The SMILES string of the molecule is O=C(NCCn1cnc(-c2ccccc2)cc1=O)c1ccccc1F. The number of amides is 1. The topological polar surface area (TPSA) is 64.0 Å². The Bertz CT molecular complexity index is 939. The Morgan fingerprint density at radius 2 is 1.80 bits per heavy atom. The standard InChI is InChI=1S/C19H16FN3O2/c20-16-9-5-4-8-15(16)19(25)21-10-11-23-13-22-17(12-18(23)24)14-6-2-1-3-7-14/h1-9,12-13H,10-11H2,(H,21,25). The molecule has 1 aromatic heterocycles. The Labute approximate surface area is 143 Å². The zero-order chi connectivity index (χ0) is 17.6. The van der Waals surface area contributed by atoms with Crippen LogP contribution in [0.3, 0.4) is 0 Å². The fourth-order valence-corrected chi connectivity index (χ4v) is 2.39. The van der Waals surface area contributed by atoms with Crippen LogP contribution in [0, 0.1) is 5.82 Å². The Kier molecular flexibility index (Phi) is 4.99. The van der Waals surface area contributed by atoms with Gasteiger partial charge in [-0.3, -0.25) is 14.2 Å². The van der Waals surface area contributed by atoms with Gasteiger partial charge >= 0.3 is 0 Å². The highest BCUT2D eigenvalue weighted by molar-refractivity contribution is 5.94. The predicted molar refractivity (Wildman–Crippen MR) is 92.7 cm³/mol. The molecule has 1 heterocycles. The lowest BCUT2D eigenvalue weighted by atomic mass is 10.1. The lowest BCUT2D eigenvalue weighted by Crippen LogP contribution is -2.31. The van der Waals surface area contributed by atoms with Gasteiger partial charge in [0, 0.05) is 24.7 Å². The monoisotopic (exact) mass is 337 g/mol. The van der Waals surface area contributed by atoms with E-state index in [1.807, 2.05) is 30.3 Å². The number of rotatable bonds is 5. The van der Waals surface area contributed by atoms with Crippen molar-refractivity contribution in [3.63, 3.8) is 0 Å². The molecular weight excluding hydrogens is 321 g/mol. The van der Waals surface area contributed by atoms with Crippen LogP contribution >= 0.6 is 0 Å². The highest BCUT2D eigenvalue weighted by Crippen LogP contribution is 2.13. The minimum absolute atomic E-state index is 0.0209. The molecule has 6 heteroatoms. The largest absolute Gasteiger partial charge is 0.350 e. The first-order valence-electron chi connectivity index (χ1n) is 7.80. The van der Waals surface area contributed by atoms with E-state index in [9.17, 15) is 14.0 Å². The number of nitrogens with one attached hydrogen (secondary N) is 1. The third-order valence-corrected chi connectivity index (χ3v) is 3.71. The second-order valence-electron chi connectivity index (χ2n) is 5.41. The summed E-state index contributed by atoms with van der Waals surface area (Å²) in [5.41, 5.74) is 1.22. The molecular formula is C19H16FN3O2. The molecule has 0 spiro atoms. The number of carbonyl (C=O) groups excluding carboxylic acids is 1. The predicted octanol–water partition coefficient (Wildman–Crippen LogP) is 2.48. The first kappa shape index (κ1) is 16.6. The van der Waals surface area contributed by atoms with Gasteiger partial charge in [0.15, 0.2) is 0 Å². The molecule has 0 atom stereocenters. The van der Waals surface area contributed by atoms with Gasteiger partial charge in [-0.25, -0.2) is 9.37 Å². The number of benzene rings is 2. The third kappa shape index (κ3) is 3.98. The van der Waals surface area contributed by atoms with Gasteiger partial charge in [-0.05, 0) is 12.1 Å². The number of carbonyl (C=O) groups is 1. The van der Waals surface area contributed by atoms with Gasteiger partial charge in [-0.2, -0.15) is 0 Å². The van der Waals surface area contributed by atoms with Crippen molar-refractivity contribution in [2.75, 3.05) is 6.54 Å². The van der Waals surface area contributed by atoms with Gasteiger partial charge in [0.25, 0.3) is 11.5 Å². The molecule has 0 aliphatic rings. The Morgan fingerprint density at radius 3 is 2.52 bits per heavy atom. The molecule has 0 saturated heterocycles. The lowest BCUT2D eigenvalue weighted by molar-refractivity contribution is 0.0948. The summed E-state index contributed by atoms with van der Waals surface area (Å²) < 4.78 is 14.9. The molecule has 0 unspecified atom stereocenters. The van der Waals surface area contributed by atoms with E-state index in [4.69, 9.17) is 0 Å². The number of halogens is 1. The van der Waals surface area contributed by atoms with E-state index in [0.717, 1.165) is 5.56 Å². The highest BCUT2D eigenvalue weighted by Gasteiger charge is 2.10. The molecule has 1 N–H and O–H groups in total. The van der Waals surface area contributed by atoms with E-state index in [-0.39, 0.29) is 24.2 Å². The molecule has 126 valence electrons. The molecule has 5 nitrogen and oxygen atoms in total. The number of nitrogens with zero attached hydrogens (tertiary/aromatic N) is 2. The smallest absolute Gasteiger partial charge is 0.254 e. The van der Waals surface area contributed by atoms with E-state index >= 15 is 0 Å². The fraction of sp³-hybridized carbons (Fsp3) is 0.105. The average Bonchev–Trinajstić information content (AvgIpc) is 2.64. The van der Waals surface area contributed by atoms with Crippen LogP contribution in [0.1, 0.15) is 10.4 Å². The molecule has 0 saturated carbocycles. The van der Waals surface area contributed by atoms with Crippen molar-refractivity contribution in [1.82, 2.24) is 14.9 Å². The van der Waals surface area contributed by atoms with Gasteiger partial charge in [-0.15, -0.1) is 0 Å². The maximum Gasteiger partial charge on any atom is 0.254 e. The summed E-state index contributed by atoms with van der Waals surface area (Å²) in [5.74, 6) is -1.09. The fourth-order valence-electron chi connectivity index (χ4n) is 2.39. The normalized spacial score (nSPS) is 10.4. The third-order valence-electron chi connectivity index (χ3n) is 3.71. The van der Waals surface area contributed by atoms with E-state index < -0.39 is 11.7 Å². The van der Waals surface area contributed by atoms with Crippen molar-refractivity contribution in [2.24, 2.45) is 0 Å². The van der Waals surface area contributed by atoms with Crippen LogP contribution in [-0.4, -0.2) is 22.0 Å². The van der Waals surface area contributed by atoms with Crippen LogP contribution < -0.4 is 10.9 Å². The van der Waals surface area contributed by atoms with E-state index in [2.05, 4.69) is 10.3 Å². The maximum atomic E-state index is 13.5. The summed E-state index contributed by atoms with van der Waals surface area (Å²) in [6.45, 7) is 0.445. The minimum atomic E-state index is -0.578. The van der Waals surface area contributed by atoms with Crippen LogP contribution in [0.5, 0.6) is 0 Å². The minimum Gasteiger partial charge on any atom is -0.350 e. The summed E-state index contributed by atoms with van der Waals surface area (Å²) in [5, 5.41) is 2.60. The Balaban J connectivity index is 1.63. The van der Waals surface area contributed by atoms with Gasteiger partial charge in [0.05, 0.1) is 17.6 Å². The molecule has 3 aromatic rings. The first-order chi connectivity index (χ1) is 12.1. The first-order valence-corrected chi connectivity index (χ1v) is 7.80. The van der Waals surface area contributed by atoms with Crippen molar-refractivity contribution < 1.29 is 9.18 Å².